The van der Waals surface area contributed by atoms with Crippen molar-refractivity contribution in [3.63, 3.8) is 0 Å². The number of hydrogen-bond donors (Lipinski definition) is 0. The van der Waals surface area contributed by atoms with Crippen LogP contribution in [-0.2, 0) is 13.0 Å². The summed E-state index contributed by atoms with van der Waals surface area (Å²) in [6, 6.07) is 11.9. The van der Waals surface area contributed by atoms with Crippen LogP contribution in [0.4, 0.5) is 0 Å². The Morgan fingerprint density at radius 1 is 0.786 bits per heavy atom. The van der Waals surface area contributed by atoms with Crippen molar-refractivity contribution in [2.45, 2.75) is 19.4 Å². The van der Waals surface area contributed by atoms with Crippen molar-refractivity contribution in [1.82, 2.24) is 9.55 Å². The monoisotopic (exact) mass is 382 g/mol. The van der Waals surface area contributed by atoms with E-state index in [-0.39, 0.29) is 0 Å². The predicted octanol–water partition coefficient (Wildman–Crippen LogP) is 4.22. The third-order valence-corrected chi connectivity index (χ3v) is 4.64. The van der Waals surface area contributed by atoms with Crippen LogP contribution in [0.25, 0.3) is 11.3 Å². The molecule has 2 aromatic carbocycles. The summed E-state index contributed by atoms with van der Waals surface area (Å²) in [5.41, 5.74) is 3.13. The van der Waals surface area contributed by atoms with Gasteiger partial charge in [-0.2, -0.15) is 0 Å². The molecule has 0 saturated heterocycles. The van der Waals surface area contributed by atoms with Crippen molar-refractivity contribution in [3.8, 4) is 34.3 Å². The van der Waals surface area contributed by atoms with Crippen LogP contribution in [0.2, 0.25) is 0 Å². The normalized spacial score (nSPS) is 10.6. The summed E-state index contributed by atoms with van der Waals surface area (Å²) < 4.78 is 23.4. The molecule has 1 heterocycles. The van der Waals surface area contributed by atoms with Gasteiger partial charge in [-0.25, -0.2) is 4.98 Å². The molecule has 0 aliphatic heterocycles. The number of benzene rings is 2. The van der Waals surface area contributed by atoms with E-state index >= 15 is 0 Å². The molecule has 0 fully saturated rings. The van der Waals surface area contributed by atoms with Gasteiger partial charge in [-0.15, -0.1) is 0 Å². The van der Waals surface area contributed by atoms with E-state index < -0.39 is 0 Å². The van der Waals surface area contributed by atoms with Gasteiger partial charge in [0.05, 0.1) is 40.5 Å². The van der Waals surface area contributed by atoms with Gasteiger partial charge < -0.3 is 23.5 Å². The van der Waals surface area contributed by atoms with Crippen molar-refractivity contribution in [2.24, 2.45) is 0 Å². The summed E-state index contributed by atoms with van der Waals surface area (Å²) in [4.78, 5) is 4.52. The van der Waals surface area contributed by atoms with E-state index in [2.05, 4.69) is 21.8 Å². The molecule has 3 aromatic rings. The van der Waals surface area contributed by atoms with Gasteiger partial charge >= 0.3 is 0 Å². The fourth-order valence-corrected chi connectivity index (χ4v) is 3.13. The Morgan fingerprint density at radius 2 is 1.43 bits per heavy atom. The van der Waals surface area contributed by atoms with Crippen molar-refractivity contribution >= 4 is 0 Å². The van der Waals surface area contributed by atoms with E-state index in [1.807, 2.05) is 36.7 Å². The largest absolute Gasteiger partial charge is 0.493 e. The Hall–Kier alpha value is -3.15. The Morgan fingerprint density at radius 3 is 2.11 bits per heavy atom. The minimum absolute atomic E-state index is 0.697. The number of methoxy groups -OCH3 is 4. The fourth-order valence-electron chi connectivity index (χ4n) is 3.13. The van der Waals surface area contributed by atoms with Gasteiger partial charge in [0.2, 0.25) is 0 Å². The number of aromatic nitrogens is 2. The summed E-state index contributed by atoms with van der Waals surface area (Å²) in [6.45, 7) is 0.884. The molecule has 0 aliphatic rings. The topological polar surface area (TPSA) is 54.7 Å². The maximum Gasteiger partial charge on any atom is 0.161 e. The van der Waals surface area contributed by atoms with Crippen LogP contribution in [0.5, 0.6) is 23.0 Å². The minimum atomic E-state index is 0.697. The molecule has 0 unspecified atom stereocenters. The van der Waals surface area contributed by atoms with Crippen LogP contribution in [-0.4, -0.2) is 38.0 Å². The third-order valence-electron chi connectivity index (χ3n) is 4.64. The first kappa shape index (κ1) is 19.6. The van der Waals surface area contributed by atoms with Crippen molar-refractivity contribution < 1.29 is 18.9 Å². The molecule has 6 heteroatoms. The summed E-state index contributed by atoms with van der Waals surface area (Å²) in [6.07, 6.45) is 5.86. The Labute approximate surface area is 165 Å². The van der Waals surface area contributed by atoms with Gasteiger partial charge in [-0.1, -0.05) is 6.07 Å². The smallest absolute Gasteiger partial charge is 0.161 e. The molecular weight excluding hydrogens is 356 g/mol. The van der Waals surface area contributed by atoms with Crippen molar-refractivity contribution in [1.29, 1.82) is 0 Å². The van der Waals surface area contributed by atoms with Gasteiger partial charge in [0.1, 0.15) is 0 Å². The maximum absolute atomic E-state index is 5.38. The lowest BCUT2D eigenvalue weighted by atomic mass is 10.1. The SMILES string of the molecule is COc1ccc(CCCn2cnc(-c3ccc(OC)c(OC)c3)c2)cc1OC. The lowest BCUT2D eigenvalue weighted by molar-refractivity contribution is 0.354. The van der Waals surface area contributed by atoms with Crippen LogP contribution in [0.1, 0.15) is 12.0 Å². The van der Waals surface area contributed by atoms with Crippen molar-refractivity contribution in [2.75, 3.05) is 28.4 Å². The molecule has 0 spiro atoms. The summed E-state index contributed by atoms with van der Waals surface area (Å²) in [5.74, 6) is 2.92. The minimum Gasteiger partial charge on any atom is -0.493 e. The van der Waals surface area contributed by atoms with Crippen molar-refractivity contribution in [3.05, 3.63) is 54.5 Å². The summed E-state index contributed by atoms with van der Waals surface area (Å²) >= 11 is 0. The first-order chi connectivity index (χ1) is 13.7. The zero-order valence-electron chi connectivity index (χ0n) is 16.8. The van der Waals surface area contributed by atoms with Gasteiger partial charge in [-0.05, 0) is 48.7 Å². The highest BCUT2D eigenvalue weighted by Crippen LogP contribution is 2.31. The van der Waals surface area contributed by atoms with Crippen LogP contribution in [0.15, 0.2) is 48.9 Å². The Balaban J connectivity index is 1.62. The van der Waals surface area contributed by atoms with E-state index in [4.69, 9.17) is 18.9 Å². The molecule has 0 aliphatic carbocycles. The summed E-state index contributed by atoms with van der Waals surface area (Å²) in [7, 11) is 6.56. The average Bonchev–Trinajstić information content (AvgIpc) is 3.22. The molecule has 1 aromatic heterocycles. The van der Waals surface area contributed by atoms with E-state index in [0.29, 0.717) is 11.5 Å². The first-order valence-corrected chi connectivity index (χ1v) is 9.13. The molecule has 0 bridgehead atoms. The standard InChI is InChI=1S/C22H26N2O4/c1-25-19-9-7-16(12-21(19)27-3)6-5-11-24-14-18(23-15-24)17-8-10-20(26-2)22(13-17)28-4/h7-10,12-15H,5-6,11H2,1-4H3. The number of imidazole rings is 1. The molecule has 0 amide bonds. The van der Waals surface area contributed by atoms with Crippen LogP contribution >= 0.6 is 0 Å². The zero-order valence-corrected chi connectivity index (χ0v) is 16.8. The van der Waals surface area contributed by atoms with Crippen LogP contribution in [0, 0.1) is 0 Å². The second-order valence-corrected chi connectivity index (χ2v) is 6.36. The first-order valence-electron chi connectivity index (χ1n) is 9.13. The highest BCUT2D eigenvalue weighted by Gasteiger charge is 2.09. The Kier molecular flexibility index (Phi) is 6.42. The van der Waals surface area contributed by atoms with Crippen LogP contribution < -0.4 is 18.9 Å². The van der Waals surface area contributed by atoms with E-state index in [1.165, 1.54) is 5.56 Å². The number of rotatable bonds is 9. The second-order valence-electron chi connectivity index (χ2n) is 6.36. The highest BCUT2D eigenvalue weighted by molar-refractivity contribution is 5.63. The summed E-state index contributed by atoms with van der Waals surface area (Å²) in [5, 5.41) is 0. The number of ether oxygens (including phenoxy) is 4. The molecule has 3 rings (SSSR count). The predicted molar refractivity (Wildman–Crippen MR) is 109 cm³/mol. The number of nitrogens with zero attached hydrogens (tertiary/aromatic N) is 2. The lowest BCUT2D eigenvalue weighted by Gasteiger charge is -2.09. The lowest BCUT2D eigenvalue weighted by Crippen LogP contribution is -1.98. The quantitative estimate of drug-likeness (QED) is 0.555. The van der Waals surface area contributed by atoms with E-state index in [0.717, 1.165) is 42.1 Å². The molecule has 28 heavy (non-hydrogen) atoms. The Bertz CT molecular complexity index is 921. The van der Waals surface area contributed by atoms with E-state index in [9.17, 15) is 0 Å². The average molecular weight is 382 g/mol. The molecule has 6 nitrogen and oxygen atoms in total. The molecule has 0 radical (unpaired) electrons. The van der Waals surface area contributed by atoms with Crippen LogP contribution in [0.3, 0.4) is 0 Å². The second kappa shape index (κ2) is 9.17. The van der Waals surface area contributed by atoms with E-state index in [1.54, 1.807) is 28.4 Å². The molecular formula is C22H26N2O4. The zero-order chi connectivity index (χ0) is 19.9. The van der Waals surface area contributed by atoms with Gasteiger partial charge in [0.15, 0.2) is 23.0 Å². The molecule has 148 valence electrons. The fraction of sp³-hybridized carbons (Fsp3) is 0.318. The molecule has 0 N–H and O–H groups in total. The van der Waals surface area contributed by atoms with Gasteiger partial charge in [0, 0.05) is 18.3 Å². The highest BCUT2D eigenvalue weighted by atomic mass is 16.5. The molecule has 0 atom stereocenters. The van der Waals surface area contributed by atoms with Gasteiger partial charge in [-0.3, -0.25) is 0 Å². The van der Waals surface area contributed by atoms with Gasteiger partial charge in [0.25, 0.3) is 0 Å². The molecule has 0 saturated carbocycles. The third kappa shape index (κ3) is 4.39. The number of aryl methyl sites for hydroxylation is 2. The number of hydrogen-bond acceptors (Lipinski definition) is 5. The maximum atomic E-state index is 5.38.